The lowest BCUT2D eigenvalue weighted by Crippen LogP contribution is -2.64. The molecule has 2 nitrogen and oxygen atoms in total. The van der Waals surface area contributed by atoms with Gasteiger partial charge in [-0.05, 0) is 39.0 Å². The van der Waals surface area contributed by atoms with Crippen LogP contribution in [0.3, 0.4) is 0 Å². The van der Waals surface area contributed by atoms with Gasteiger partial charge in [-0.1, -0.05) is 26.7 Å². The molecule has 1 spiro atoms. The van der Waals surface area contributed by atoms with Crippen molar-refractivity contribution in [1.82, 2.24) is 5.32 Å². The first-order valence-corrected chi connectivity index (χ1v) is 7.64. The van der Waals surface area contributed by atoms with E-state index in [0.717, 1.165) is 12.6 Å². The van der Waals surface area contributed by atoms with Crippen molar-refractivity contribution in [2.45, 2.75) is 83.9 Å². The Morgan fingerprint density at radius 1 is 1.18 bits per heavy atom. The summed E-state index contributed by atoms with van der Waals surface area (Å²) in [7, 11) is 0. The largest absolute Gasteiger partial charge is 0.378 e. The van der Waals surface area contributed by atoms with Crippen molar-refractivity contribution in [3.05, 3.63) is 0 Å². The minimum absolute atomic E-state index is 0.499. The number of nitrogens with one attached hydrogen (secondary N) is 1. The van der Waals surface area contributed by atoms with E-state index in [4.69, 9.17) is 4.74 Å². The average Bonchev–Trinajstić information content (AvgIpc) is 2.85. The Labute approximate surface area is 107 Å². The van der Waals surface area contributed by atoms with Gasteiger partial charge >= 0.3 is 0 Å². The summed E-state index contributed by atoms with van der Waals surface area (Å²) < 4.78 is 5.95. The summed E-state index contributed by atoms with van der Waals surface area (Å²) in [6.07, 6.45) is 9.87. The van der Waals surface area contributed by atoms with Crippen molar-refractivity contribution in [2.75, 3.05) is 6.61 Å². The molecule has 0 saturated heterocycles. The lowest BCUT2D eigenvalue weighted by atomic mass is 9.60. The fraction of sp³-hybridized carbons (Fsp3) is 1.00. The van der Waals surface area contributed by atoms with E-state index in [1.165, 1.54) is 44.9 Å². The van der Waals surface area contributed by atoms with Crippen LogP contribution in [-0.2, 0) is 4.74 Å². The molecule has 1 N–H and O–H groups in total. The molecule has 0 aromatic carbocycles. The van der Waals surface area contributed by atoms with Crippen LogP contribution in [0, 0.1) is 5.41 Å². The minimum atomic E-state index is 0.499. The van der Waals surface area contributed by atoms with Crippen LogP contribution in [0.15, 0.2) is 0 Å². The van der Waals surface area contributed by atoms with E-state index in [1.807, 2.05) is 0 Å². The van der Waals surface area contributed by atoms with E-state index < -0.39 is 0 Å². The molecular formula is C15H29NO. The zero-order valence-electron chi connectivity index (χ0n) is 11.8. The fourth-order valence-corrected chi connectivity index (χ4v) is 3.93. The van der Waals surface area contributed by atoms with Gasteiger partial charge in [0.15, 0.2) is 0 Å². The zero-order valence-corrected chi connectivity index (χ0v) is 11.8. The highest BCUT2D eigenvalue weighted by Gasteiger charge is 2.56. The van der Waals surface area contributed by atoms with E-state index in [2.05, 4.69) is 26.1 Å². The second kappa shape index (κ2) is 5.71. The van der Waals surface area contributed by atoms with Crippen LogP contribution in [0.5, 0.6) is 0 Å². The van der Waals surface area contributed by atoms with Crippen LogP contribution in [0.4, 0.5) is 0 Å². The van der Waals surface area contributed by atoms with Gasteiger partial charge in [-0.15, -0.1) is 0 Å². The van der Waals surface area contributed by atoms with Crippen molar-refractivity contribution in [1.29, 1.82) is 0 Å². The van der Waals surface area contributed by atoms with Gasteiger partial charge in [0.2, 0.25) is 0 Å². The summed E-state index contributed by atoms with van der Waals surface area (Å²) in [5, 5.41) is 3.89. The van der Waals surface area contributed by atoms with Crippen LogP contribution in [0.1, 0.15) is 65.7 Å². The number of hydrogen-bond acceptors (Lipinski definition) is 2. The molecule has 2 atom stereocenters. The Balaban J connectivity index is 1.95. The molecule has 0 aromatic rings. The SMILES string of the molecule is CCOC1CC(NC(CC)CC)C12CCCC2. The summed E-state index contributed by atoms with van der Waals surface area (Å²) in [6, 6.07) is 1.44. The van der Waals surface area contributed by atoms with Crippen LogP contribution in [0.2, 0.25) is 0 Å². The van der Waals surface area contributed by atoms with Crippen molar-refractivity contribution < 1.29 is 4.74 Å². The molecule has 2 rings (SSSR count). The first kappa shape index (κ1) is 13.4. The minimum Gasteiger partial charge on any atom is -0.378 e. The van der Waals surface area contributed by atoms with Gasteiger partial charge < -0.3 is 10.1 Å². The predicted molar refractivity (Wildman–Crippen MR) is 72.2 cm³/mol. The molecule has 2 unspecified atom stereocenters. The standard InChI is InChI=1S/C15H29NO/c1-4-12(5-2)16-13-11-14(17-6-3)15(13)9-7-8-10-15/h12-14,16H,4-11H2,1-3H3. The summed E-state index contributed by atoms with van der Waals surface area (Å²) in [4.78, 5) is 0. The van der Waals surface area contributed by atoms with Gasteiger partial charge in [-0.25, -0.2) is 0 Å². The lowest BCUT2D eigenvalue weighted by molar-refractivity contribution is -0.132. The first-order chi connectivity index (χ1) is 8.26. The fourth-order valence-electron chi connectivity index (χ4n) is 3.93. The third-order valence-corrected chi connectivity index (χ3v) is 5.11. The Hall–Kier alpha value is -0.0800. The van der Waals surface area contributed by atoms with Crippen LogP contribution in [-0.4, -0.2) is 24.8 Å². The number of hydrogen-bond donors (Lipinski definition) is 1. The van der Waals surface area contributed by atoms with Crippen LogP contribution >= 0.6 is 0 Å². The van der Waals surface area contributed by atoms with Gasteiger partial charge in [0, 0.05) is 24.1 Å². The molecule has 0 aromatic heterocycles. The van der Waals surface area contributed by atoms with Crippen LogP contribution < -0.4 is 5.32 Å². The average molecular weight is 239 g/mol. The molecular weight excluding hydrogens is 210 g/mol. The summed E-state index contributed by atoms with van der Waals surface area (Å²) in [5.41, 5.74) is 0.499. The molecule has 17 heavy (non-hydrogen) atoms. The first-order valence-electron chi connectivity index (χ1n) is 7.64. The van der Waals surface area contributed by atoms with E-state index in [0.29, 0.717) is 17.6 Å². The lowest BCUT2D eigenvalue weighted by Gasteiger charge is -2.55. The highest BCUT2D eigenvalue weighted by atomic mass is 16.5. The molecule has 0 heterocycles. The van der Waals surface area contributed by atoms with Gasteiger partial charge in [0.1, 0.15) is 0 Å². The maximum absolute atomic E-state index is 5.95. The second-order valence-electron chi connectivity index (χ2n) is 5.85. The number of rotatable bonds is 6. The predicted octanol–water partition coefficient (Wildman–Crippen LogP) is 3.50. The molecule has 100 valence electrons. The van der Waals surface area contributed by atoms with Crippen molar-refractivity contribution in [3.63, 3.8) is 0 Å². The quantitative estimate of drug-likeness (QED) is 0.766. The topological polar surface area (TPSA) is 21.3 Å². The maximum atomic E-state index is 5.95. The highest BCUT2D eigenvalue weighted by molar-refractivity contribution is 5.10. The summed E-state index contributed by atoms with van der Waals surface area (Å²) >= 11 is 0. The van der Waals surface area contributed by atoms with E-state index in [1.54, 1.807) is 0 Å². The van der Waals surface area contributed by atoms with Crippen LogP contribution in [0.25, 0.3) is 0 Å². The normalized spacial score (nSPS) is 31.1. The molecule has 2 aliphatic rings. The molecule has 0 aliphatic heterocycles. The smallest absolute Gasteiger partial charge is 0.0661 e. The summed E-state index contributed by atoms with van der Waals surface area (Å²) in [5.74, 6) is 0. The highest BCUT2D eigenvalue weighted by Crippen LogP contribution is 2.54. The molecule has 0 amide bonds. The third kappa shape index (κ3) is 2.39. The second-order valence-corrected chi connectivity index (χ2v) is 5.85. The molecule has 0 bridgehead atoms. The van der Waals surface area contributed by atoms with Crippen molar-refractivity contribution in [3.8, 4) is 0 Å². The molecule has 2 heteroatoms. The van der Waals surface area contributed by atoms with Gasteiger partial charge in [0.05, 0.1) is 6.10 Å². The van der Waals surface area contributed by atoms with E-state index in [-0.39, 0.29) is 0 Å². The monoisotopic (exact) mass is 239 g/mol. The molecule has 0 radical (unpaired) electrons. The van der Waals surface area contributed by atoms with E-state index >= 15 is 0 Å². The van der Waals surface area contributed by atoms with Crippen molar-refractivity contribution in [2.24, 2.45) is 5.41 Å². The zero-order chi connectivity index (χ0) is 12.3. The molecule has 2 aliphatic carbocycles. The molecule has 2 saturated carbocycles. The molecule has 2 fully saturated rings. The summed E-state index contributed by atoms with van der Waals surface area (Å²) in [6.45, 7) is 7.59. The van der Waals surface area contributed by atoms with Crippen molar-refractivity contribution >= 4 is 0 Å². The van der Waals surface area contributed by atoms with E-state index in [9.17, 15) is 0 Å². The van der Waals surface area contributed by atoms with Gasteiger partial charge in [0.25, 0.3) is 0 Å². The third-order valence-electron chi connectivity index (χ3n) is 5.11. The Bertz CT molecular complexity index is 231. The number of ether oxygens (including phenoxy) is 1. The maximum Gasteiger partial charge on any atom is 0.0661 e. The Morgan fingerprint density at radius 3 is 2.35 bits per heavy atom. The van der Waals surface area contributed by atoms with Gasteiger partial charge in [-0.3, -0.25) is 0 Å². The Kier molecular flexibility index (Phi) is 4.48. The Morgan fingerprint density at radius 2 is 1.82 bits per heavy atom. The van der Waals surface area contributed by atoms with Gasteiger partial charge in [-0.2, -0.15) is 0 Å².